The summed E-state index contributed by atoms with van der Waals surface area (Å²) in [5.74, 6) is -2.27. The molecule has 1 aromatic carbocycles. The Morgan fingerprint density at radius 2 is 1.76 bits per heavy atom. The summed E-state index contributed by atoms with van der Waals surface area (Å²) in [6, 6.07) is 6.85. The lowest BCUT2D eigenvalue weighted by atomic mass is 9.52. The molecule has 1 saturated heterocycles. The molecule has 1 heterocycles. The van der Waals surface area contributed by atoms with Crippen LogP contribution in [0.25, 0.3) is 0 Å². The smallest absolute Gasteiger partial charge is 0.335 e. The number of carboxylic acids is 2. The topological polar surface area (TPSA) is 139 Å². The highest BCUT2D eigenvalue weighted by Gasteiger charge is 2.53. The molecule has 160 valence electrons. The fourth-order valence-corrected chi connectivity index (χ4v) is 5.45. The summed E-state index contributed by atoms with van der Waals surface area (Å²) in [4.78, 5) is 22.1. The minimum atomic E-state index is -2.27. The van der Waals surface area contributed by atoms with Gasteiger partial charge in [0.1, 0.15) is 5.75 Å². The van der Waals surface area contributed by atoms with E-state index in [9.17, 15) is 14.7 Å². The molecule has 29 heavy (non-hydrogen) atoms. The summed E-state index contributed by atoms with van der Waals surface area (Å²) in [6.07, 6.45) is 3.39. The second-order valence-electron chi connectivity index (χ2n) is 8.42. The van der Waals surface area contributed by atoms with Crippen LogP contribution in [0.1, 0.15) is 43.2 Å². The van der Waals surface area contributed by atoms with Crippen molar-refractivity contribution in [3.63, 3.8) is 0 Å². The van der Waals surface area contributed by atoms with Crippen LogP contribution in [0, 0.1) is 5.92 Å². The fourth-order valence-electron chi connectivity index (χ4n) is 5.45. The predicted molar refractivity (Wildman–Crippen MR) is 104 cm³/mol. The maximum absolute atomic E-state index is 9.91. The van der Waals surface area contributed by atoms with Gasteiger partial charge in [0.05, 0.1) is 0 Å². The van der Waals surface area contributed by atoms with Gasteiger partial charge < -0.3 is 30.4 Å². The van der Waals surface area contributed by atoms with Crippen molar-refractivity contribution in [1.82, 2.24) is 4.90 Å². The van der Waals surface area contributed by atoms with E-state index in [1.54, 1.807) is 0 Å². The van der Waals surface area contributed by atoms with Crippen molar-refractivity contribution in [3.8, 4) is 5.75 Å². The van der Waals surface area contributed by atoms with Gasteiger partial charge >= 0.3 is 11.9 Å². The summed E-state index contributed by atoms with van der Waals surface area (Å²) >= 11 is 0. The molecule has 2 bridgehead atoms. The van der Waals surface area contributed by atoms with Crippen molar-refractivity contribution in [2.75, 3.05) is 13.6 Å². The molecule has 8 nitrogen and oxygen atoms in total. The number of rotatable bonds is 3. The molecule has 8 heteroatoms. The molecule has 2 aliphatic carbocycles. The van der Waals surface area contributed by atoms with Crippen LogP contribution in [0.5, 0.6) is 5.75 Å². The van der Waals surface area contributed by atoms with Crippen LogP contribution in [0.2, 0.25) is 0 Å². The Bertz CT molecular complexity index is 764. The number of nitrogens with zero attached hydrogens (tertiary/aromatic N) is 1. The molecule has 2 fully saturated rings. The van der Waals surface area contributed by atoms with E-state index in [-0.39, 0.29) is 0 Å². The minimum absolute atomic E-state index is 0.377. The first-order valence-electron chi connectivity index (χ1n) is 10.0. The van der Waals surface area contributed by atoms with Crippen LogP contribution in [0.4, 0.5) is 0 Å². The van der Waals surface area contributed by atoms with E-state index in [1.807, 2.05) is 6.07 Å². The van der Waals surface area contributed by atoms with Crippen molar-refractivity contribution in [1.29, 1.82) is 0 Å². The summed E-state index contributed by atoms with van der Waals surface area (Å²) in [5, 5.41) is 42.4. The molecule has 1 saturated carbocycles. The molecule has 5 atom stereocenters. The summed E-state index contributed by atoms with van der Waals surface area (Å²) in [6.45, 7) is 1.22. The predicted octanol–water partition coefficient (Wildman–Crippen LogP) is 0.958. The molecule has 0 radical (unpaired) electrons. The number of likely N-dealkylation sites (tertiary alicyclic amines) is 1. The van der Waals surface area contributed by atoms with Crippen LogP contribution in [0.3, 0.4) is 0 Å². The molecule has 4 rings (SSSR count). The van der Waals surface area contributed by atoms with Crippen molar-refractivity contribution < 1.29 is 35.1 Å². The molecule has 0 amide bonds. The monoisotopic (exact) mass is 407 g/mol. The van der Waals surface area contributed by atoms with E-state index in [0.29, 0.717) is 11.2 Å². The molecular weight excluding hydrogens is 378 g/mol. The molecule has 1 aromatic rings. The molecule has 0 unspecified atom stereocenters. The lowest BCUT2D eigenvalue weighted by Crippen LogP contribution is -2.59. The van der Waals surface area contributed by atoms with E-state index in [0.717, 1.165) is 12.0 Å². The lowest BCUT2D eigenvalue weighted by molar-refractivity contribution is -0.165. The molecule has 5 N–H and O–H groups in total. The van der Waals surface area contributed by atoms with Crippen LogP contribution in [-0.4, -0.2) is 74.2 Å². The number of phenolic OH excluding ortho intramolecular Hbond substituents is 1. The number of aliphatic hydroxyl groups is 2. The lowest BCUT2D eigenvalue weighted by Gasteiger charge is -2.58. The maximum atomic E-state index is 9.91. The molecular formula is C21H29NO7. The average molecular weight is 407 g/mol. The Labute approximate surface area is 169 Å². The van der Waals surface area contributed by atoms with Gasteiger partial charge in [-0.05, 0) is 68.5 Å². The molecule has 0 spiro atoms. The first kappa shape index (κ1) is 21.5. The zero-order chi connectivity index (χ0) is 21.3. The largest absolute Gasteiger partial charge is 0.508 e. The van der Waals surface area contributed by atoms with Gasteiger partial charge in [0.25, 0.3) is 0 Å². The van der Waals surface area contributed by atoms with Crippen LogP contribution in [-0.2, 0) is 21.4 Å². The number of carboxylic acid groups (broad SMARTS) is 2. The van der Waals surface area contributed by atoms with Gasteiger partial charge in [0.15, 0.2) is 12.2 Å². The van der Waals surface area contributed by atoms with Crippen molar-refractivity contribution in [3.05, 3.63) is 29.3 Å². The average Bonchev–Trinajstić information content (AvgIpc) is 2.70. The van der Waals surface area contributed by atoms with E-state index in [4.69, 9.17) is 20.4 Å². The fraction of sp³-hybridized carbons (Fsp3) is 0.619. The maximum Gasteiger partial charge on any atom is 0.335 e. The summed E-state index contributed by atoms with van der Waals surface area (Å²) < 4.78 is 0. The number of piperidine rings is 1. The van der Waals surface area contributed by atoms with Gasteiger partial charge in [-0.3, -0.25) is 0 Å². The van der Waals surface area contributed by atoms with Gasteiger partial charge in [-0.15, -0.1) is 0 Å². The van der Waals surface area contributed by atoms with E-state index in [2.05, 4.69) is 24.1 Å². The molecule has 0 aromatic heterocycles. The Hall–Kier alpha value is -2.16. The highest BCUT2D eigenvalue weighted by atomic mass is 16.4. The van der Waals surface area contributed by atoms with E-state index in [1.165, 1.54) is 56.2 Å². The zero-order valence-corrected chi connectivity index (χ0v) is 16.5. The number of carbonyl (C=O) groups is 2. The Morgan fingerprint density at radius 3 is 2.38 bits per heavy atom. The van der Waals surface area contributed by atoms with Crippen LogP contribution >= 0.6 is 0 Å². The van der Waals surface area contributed by atoms with Gasteiger partial charge in [0, 0.05) is 11.5 Å². The van der Waals surface area contributed by atoms with Gasteiger partial charge in [0.2, 0.25) is 0 Å². The standard InChI is InChI=1S/C17H23NO.C4H6O6/c1-18-9-8-17-7-3-2-4-14(17)16(18)10-12-5-6-13(19)11-15(12)17;5-1(3(7)8)2(6)4(9)10/h5-6,11,14,16,19H,2-4,7-10H2,1H3;1-2,5-6H,(H,7,8)(H,9,10)/t14-,16-,17-;1-,2-/m10/s1. The zero-order valence-electron chi connectivity index (χ0n) is 16.5. The van der Waals surface area contributed by atoms with E-state index >= 15 is 0 Å². The van der Waals surface area contributed by atoms with Crippen LogP contribution in [0.15, 0.2) is 18.2 Å². The first-order valence-corrected chi connectivity index (χ1v) is 10.0. The number of benzene rings is 1. The number of aromatic hydroxyl groups is 1. The van der Waals surface area contributed by atoms with Gasteiger partial charge in [-0.1, -0.05) is 18.9 Å². The quantitative estimate of drug-likeness (QED) is 0.499. The highest BCUT2D eigenvalue weighted by Crippen LogP contribution is 2.55. The SMILES string of the molecule is CN1CC[C@]23CCCC[C@@H]2[C@H]1Cc1ccc(O)cc13.O=C(O)[C@@H](O)[C@H](O)C(=O)O. The normalized spacial score (nSPS) is 30.0. The summed E-state index contributed by atoms with van der Waals surface area (Å²) in [7, 11) is 2.30. The number of hydrogen-bond donors (Lipinski definition) is 5. The van der Waals surface area contributed by atoms with Crippen molar-refractivity contribution in [2.24, 2.45) is 5.92 Å². The summed E-state index contributed by atoms with van der Waals surface area (Å²) in [5.41, 5.74) is 3.36. The van der Waals surface area contributed by atoms with Crippen LogP contribution < -0.4 is 0 Å². The second kappa shape index (κ2) is 8.30. The Morgan fingerprint density at radius 1 is 1.10 bits per heavy atom. The van der Waals surface area contributed by atoms with Crippen molar-refractivity contribution in [2.45, 2.75) is 62.2 Å². The number of fused-ring (bicyclic) bond motifs is 1. The van der Waals surface area contributed by atoms with Gasteiger partial charge in [-0.2, -0.15) is 0 Å². The Balaban J connectivity index is 0.000000207. The second-order valence-corrected chi connectivity index (χ2v) is 8.42. The molecule has 3 aliphatic rings. The number of aliphatic carboxylic acids is 2. The number of aliphatic hydroxyl groups excluding tert-OH is 2. The number of likely N-dealkylation sites (N-methyl/N-ethyl adjacent to an activating group) is 1. The third-order valence-electron chi connectivity index (χ3n) is 6.90. The Kier molecular flexibility index (Phi) is 6.16. The molecule has 1 aliphatic heterocycles. The van der Waals surface area contributed by atoms with Crippen molar-refractivity contribution >= 4 is 11.9 Å². The number of phenols is 1. The minimum Gasteiger partial charge on any atom is -0.508 e. The first-order chi connectivity index (χ1) is 13.7. The third kappa shape index (κ3) is 3.97. The number of hydrogen-bond acceptors (Lipinski definition) is 6. The third-order valence-corrected chi connectivity index (χ3v) is 6.90. The highest BCUT2D eigenvalue weighted by molar-refractivity contribution is 5.83. The van der Waals surface area contributed by atoms with E-state index < -0.39 is 24.1 Å². The van der Waals surface area contributed by atoms with Gasteiger partial charge in [-0.25, -0.2) is 9.59 Å².